The minimum absolute atomic E-state index is 0.160. The van der Waals surface area contributed by atoms with Gasteiger partial charge >= 0.3 is 0 Å². The number of rotatable bonds is 4. The van der Waals surface area contributed by atoms with Gasteiger partial charge in [0.25, 0.3) is 5.91 Å². The van der Waals surface area contributed by atoms with E-state index in [2.05, 4.69) is 16.5 Å². The van der Waals surface area contributed by atoms with E-state index >= 15 is 0 Å². The first-order valence-electron chi connectivity index (χ1n) is 5.28. The first-order chi connectivity index (χ1) is 7.58. The van der Waals surface area contributed by atoms with E-state index in [0.717, 1.165) is 12.1 Å². The van der Waals surface area contributed by atoms with Crippen LogP contribution in [0.25, 0.3) is 0 Å². The van der Waals surface area contributed by atoms with Crippen LogP contribution in [0, 0.1) is 17.2 Å². The van der Waals surface area contributed by atoms with Gasteiger partial charge in [-0.3, -0.25) is 9.48 Å². The third-order valence-electron chi connectivity index (χ3n) is 2.27. The quantitative estimate of drug-likeness (QED) is 0.818. The molecule has 5 nitrogen and oxygen atoms in total. The number of hydrogen-bond donors (Lipinski definition) is 1. The molecule has 0 saturated heterocycles. The molecule has 86 valence electrons. The zero-order chi connectivity index (χ0) is 12.1. The standard InChI is InChI=1S/C11H16N4O/c1-4-10-9(7-15(3)14-10)11(16)13-6-8(2)5-12/h7-8H,4,6H2,1-3H3,(H,13,16). The molecule has 1 atom stereocenters. The smallest absolute Gasteiger partial charge is 0.254 e. The summed E-state index contributed by atoms with van der Waals surface area (Å²) in [5.74, 6) is -0.335. The second-order valence-electron chi connectivity index (χ2n) is 3.76. The highest BCUT2D eigenvalue weighted by atomic mass is 16.1. The summed E-state index contributed by atoms with van der Waals surface area (Å²) in [5.41, 5.74) is 1.37. The molecule has 0 fully saturated rings. The fourth-order valence-electron chi connectivity index (χ4n) is 1.37. The zero-order valence-corrected chi connectivity index (χ0v) is 9.82. The second kappa shape index (κ2) is 5.31. The predicted octanol–water partition coefficient (Wildman–Crippen LogP) is 0.872. The van der Waals surface area contributed by atoms with Crippen molar-refractivity contribution in [1.29, 1.82) is 5.26 Å². The van der Waals surface area contributed by atoms with Gasteiger partial charge in [0.15, 0.2) is 0 Å². The van der Waals surface area contributed by atoms with E-state index < -0.39 is 0 Å². The van der Waals surface area contributed by atoms with Crippen molar-refractivity contribution in [3.8, 4) is 6.07 Å². The Bertz CT molecular complexity index is 416. The third-order valence-corrected chi connectivity index (χ3v) is 2.27. The number of hydrogen-bond acceptors (Lipinski definition) is 3. The van der Waals surface area contributed by atoms with Gasteiger partial charge in [-0.25, -0.2) is 0 Å². The number of carbonyl (C=O) groups is 1. The Morgan fingerprint density at radius 2 is 2.44 bits per heavy atom. The normalized spacial score (nSPS) is 11.9. The molecule has 0 bridgehead atoms. The molecule has 0 saturated carbocycles. The maximum atomic E-state index is 11.8. The molecule has 1 amide bonds. The minimum atomic E-state index is -0.175. The van der Waals surface area contributed by atoms with Crippen LogP contribution >= 0.6 is 0 Å². The zero-order valence-electron chi connectivity index (χ0n) is 9.82. The summed E-state index contributed by atoms with van der Waals surface area (Å²) in [5, 5.41) is 15.5. The van der Waals surface area contributed by atoms with Gasteiger partial charge in [0, 0.05) is 19.8 Å². The largest absolute Gasteiger partial charge is 0.351 e. The summed E-state index contributed by atoms with van der Waals surface area (Å²) >= 11 is 0. The van der Waals surface area contributed by atoms with Crippen LogP contribution in [0.1, 0.15) is 29.9 Å². The molecule has 0 spiro atoms. The molecule has 0 aliphatic carbocycles. The van der Waals surface area contributed by atoms with Crippen molar-refractivity contribution < 1.29 is 4.79 Å². The first-order valence-corrected chi connectivity index (χ1v) is 5.28. The van der Waals surface area contributed by atoms with E-state index in [0.29, 0.717) is 12.1 Å². The summed E-state index contributed by atoms with van der Waals surface area (Å²) in [6.07, 6.45) is 2.42. The van der Waals surface area contributed by atoms with Gasteiger partial charge in [0.1, 0.15) is 0 Å². The Kier molecular flexibility index (Phi) is 4.06. The predicted molar refractivity (Wildman–Crippen MR) is 59.7 cm³/mol. The lowest BCUT2D eigenvalue weighted by atomic mass is 10.1. The fraction of sp³-hybridized carbons (Fsp3) is 0.545. The number of nitriles is 1. The highest BCUT2D eigenvalue weighted by Gasteiger charge is 2.14. The lowest BCUT2D eigenvalue weighted by molar-refractivity contribution is 0.0950. The molecule has 0 radical (unpaired) electrons. The van der Waals surface area contributed by atoms with E-state index in [-0.39, 0.29) is 11.8 Å². The van der Waals surface area contributed by atoms with E-state index in [1.165, 1.54) is 0 Å². The highest BCUT2D eigenvalue weighted by molar-refractivity contribution is 5.95. The highest BCUT2D eigenvalue weighted by Crippen LogP contribution is 2.06. The summed E-state index contributed by atoms with van der Waals surface area (Å²) in [4.78, 5) is 11.8. The molecule has 0 aliphatic rings. The SMILES string of the molecule is CCc1nn(C)cc1C(=O)NCC(C)C#N. The molecule has 1 rings (SSSR count). The van der Waals surface area contributed by atoms with Gasteiger partial charge < -0.3 is 5.32 Å². The lowest BCUT2D eigenvalue weighted by Gasteiger charge is -2.05. The number of aryl methyl sites for hydroxylation is 2. The van der Waals surface area contributed by atoms with Gasteiger partial charge in [-0.1, -0.05) is 6.92 Å². The van der Waals surface area contributed by atoms with E-state index in [9.17, 15) is 4.79 Å². The number of amides is 1. The molecule has 16 heavy (non-hydrogen) atoms. The first kappa shape index (κ1) is 12.2. The molecule has 0 aliphatic heterocycles. The average Bonchev–Trinajstić information content (AvgIpc) is 2.66. The van der Waals surface area contributed by atoms with Crippen molar-refractivity contribution in [2.75, 3.05) is 6.54 Å². The fourth-order valence-corrected chi connectivity index (χ4v) is 1.37. The maximum absolute atomic E-state index is 11.8. The molecule has 5 heteroatoms. The van der Waals surface area contributed by atoms with Gasteiger partial charge in [-0.2, -0.15) is 10.4 Å². The number of aromatic nitrogens is 2. The van der Waals surface area contributed by atoms with Gasteiger partial charge in [-0.05, 0) is 13.3 Å². The van der Waals surface area contributed by atoms with Gasteiger partial charge in [0.2, 0.25) is 0 Å². The second-order valence-corrected chi connectivity index (χ2v) is 3.76. The van der Waals surface area contributed by atoms with Crippen LogP contribution < -0.4 is 5.32 Å². The van der Waals surface area contributed by atoms with Crippen LogP contribution in [0.15, 0.2) is 6.20 Å². The number of nitrogens with zero attached hydrogens (tertiary/aromatic N) is 3. The Morgan fingerprint density at radius 1 is 1.75 bits per heavy atom. The van der Waals surface area contributed by atoms with E-state index in [1.807, 2.05) is 6.92 Å². The van der Waals surface area contributed by atoms with Crippen LogP contribution in [0.2, 0.25) is 0 Å². The minimum Gasteiger partial charge on any atom is -0.351 e. The Hall–Kier alpha value is -1.83. The Morgan fingerprint density at radius 3 is 3.00 bits per heavy atom. The molecule has 0 aromatic carbocycles. The van der Waals surface area contributed by atoms with Crippen molar-refractivity contribution in [3.05, 3.63) is 17.5 Å². The van der Waals surface area contributed by atoms with E-state index in [1.54, 1.807) is 24.9 Å². The van der Waals surface area contributed by atoms with Crippen molar-refractivity contribution in [1.82, 2.24) is 15.1 Å². The van der Waals surface area contributed by atoms with Crippen molar-refractivity contribution in [2.24, 2.45) is 13.0 Å². The van der Waals surface area contributed by atoms with Crippen LogP contribution in [-0.2, 0) is 13.5 Å². The monoisotopic (exact) mass is 220 g/mol. The molecule has 1 aromatic rings. The molecule has 1 heterocycles. The molecular formula is C11H16N4O. The van der Waals surface area contributed by atoms with Gasteiger partial charge in [0.05, 0.1) is 23.2 Å². The van der Waals surface area contributed by atoms with Crippen molar-refractivity contribution >= 4 is 5.91 Å². The molecule has 1 aromatic heterocycles. The maximum Gasteiger partial charge on any atom is 0.254 e. The number of carbonyl (C=O) groups excluding carboxylic acids is 1. The molecule has 1 N–H and O–H groups in total. The van der Waals surface area contributed by atoms with Gasteiger partial charge in [-0.15, -0.1) is 0 Å². The summed E-state index contributed by atoms with van der Waals surface area (Å²) in [7, 11) is 1.79. The lowest BCUT2D eigenvalue weighted by Crippen LogP contribution is -2.28. The summed E-state index contributed by atoms with van der Waals surface area (Å²) < 4.78 is 1.63. The van der Waals surface area contributed by atoms with Crippen LogP contribution in [0.4, 0.5) is 0 Å². The van der Waals surface area contributed by atoms with Crippen molar-refractivity contribution in [2.45, 2.75) is 20.3 Å². The van der Waals surface area contributed by atoms with Crippen LogP contribution in [0.5, 0.6) is 0 Å². The Balaban J connectivity index is 2.69. The molecular weight excluding hydrogens is 204 g/mol. The number of nitrogens with one attached hydrogen (secondary N) is 1. The van der Waals surface area contributed by atoms with Crippen LogP contribution in [-0.4, -0.2) is 22.2 Å². The van der Waals surface area contributed by atoms with E-state index in [4.69, 9.17) is 5.26 Å². The summed E-state index contributed by atoms with van der Waals surface area (Å²) in [6, 6.07) is 2.07. The Labute approximate surface area is 95.1 Å². The summed E-state index contributed by atoms with van der Waals surface area (Å²) in [6.45, 7) is 4.09. The topological polar surface area (TPSA) is 70.7 Å². The molecule has 1 unspecified atom stereocenters. The third kappa shape index (κ3) is 2.83. The van der Waals surface area contributed by atoms with Crippen molar-refractivity contribution in [3.63, 3.8) is 0 Å². The average molecular weight is 220 g/mol. The van der Waals surface area contributed by atoms with Crippen LogP contribution in [0.3, 0.4) is 0 Å².